The number of allylic oxidation sites excluding steroid dienone is 2. The van der Waals surface area contributed by atoms with Gasteiger partial charge in [-0.15, -0.1) is 0 Å². The van der Waals surface area contributed by atoms with E-state index in [4.69, 9.17) is 0 Å². The van der Waals surface area contributed by atoms with Crippen LogP contribution in [0.5, 0.6) is 0 Å². The molecule has 3 rings (SSSR count). The largest absolute Gasteiger partial charge is 0.348 e. The van der Waals surface area contributed by atoms with Crippen LogP contribution in [0.15, 0.2) is 12.2 Å². The number of carbonyl (C=O) groups is 4. The van der Waals surface area contributed by atoms with E-state index in [9.17, 15) is 19.2 Å². The Morgan fingerprint density at radius 1 is 1.00 bits per heavy atom. The van der Waals surface area contributed by atoms with Gasteiger partial charge in [0.1, 0.15) is 6.04 Å². The molecule has 4 amide bonds. The molecule has 2 heterocycles. The van der Waals surface area contributed by atoms with E-state index in [0.29, 0.717) is 45.4 Å². The van der Waals surface area contributed by atoms with Gasteiger partial charge in [0.05, 0.1) is 18.4 Å². The molecule has 31 heavy (non-hydrogen) atoms. The fourth-order valence-electron chi connectivity index (χ4n) is 4.79. The highest BCUT2D eigenvalue weighted by atomic mass is 16.2. The molecule has 0 aromatic rings. The van der Waals surface area contributed by atoms with Gasteiger partial charge < -0.3 is 9.80 Å². The summed E-state index contributed by atoms with van der Waals surface area (Å²) >= 11 is 0. The maximum Gasteiger partial charge on any atom is 0.245 e. The number of carbonyl (C=O) groups excluding carboxylic acids is 4. The third-order valence-electron chi connectivity index (χ3n) is 6.59. The number of nitrogens with zero attached hydrogens (tertiary/aromatic N) is 4. The van der Waals surface area contributed by atoms with Crippen LogP contribution < -0.4 is 0 Å². The second-order valence-electron chi connectivity index (χ2n) is 9.59. The molecule has 0 aromatic heterocycles. The first kappa shape index (κ1) is 23.4. The van der Waals surface area contributed by atoms with Crippen molar-refractivity contribution in [3.8, 4) is 0 Å². The van der Waals surface area contributed by atoms with Crippen LogP contribution in [0, 0.1) is 17.8 Å². The fourth-order valence-corrected chi connectivity index (χ4v) is 4.79. The zero-order chi connectivity index (χ0) is 22.7. The molecule has 0 N–H and O–H groups in total. The second-order valence-corrected chi connectivity index (χ2v) is 9.59. The molecule has 3 aliphatic rings. The van der Waals surface area contributed by atoms with Gasteiger partial charge in [-0.05, 0) is 31.6 Å². The summed E-state index contributed by atoms with van der Waals surface area (Å²) < 4.78 is 0. The van der Waals surface area contributed by atoms with Crippen LogP contribution in [-0.4, -0.2) is 96.1 Å². The van der Waals surface area contributed by atoms with E-state index in [1.807, 2.05) is 26.0 Å². The van der Waals surface area contributed by atoms with E-state index < -0.39 is 6.04 Å². The van der Waals surface area contributed by atoms with Crippen LogP contribution in [0.1, 0.15) is 39.5 Å². The van der Waals surface area contributed by atoms with Crippen LogP contribution in [-0.2, 0) is 19.2 Å². The lowest BCUT2D eigenvalue weighted by Crippen LogP contribution is -2.52. The van der Waals surface area contributed by atoms with Gasteiger partial charge in [-0.1, -0.05) is 26.0 Å². The molecule has 2 saturated heterocycles. The van der Waals surface area contributed by atoms with Crippen molar-refractivity contribution >= 4 is 23.6 Å². The maximum atomic E-state index is 13.6. The second kappa shape index (κ2) is 9.94. The maximum absolute atomic E-state index is 13.6. The number of likely N-dealkylation sites (tertiary alicyclic amines) is 1. The number of hydrogen-bond donors (Lipinski definition) is 0. The Kier molecular flexibility index (Phi) is 7.51. The molecule has 172 valence electrons. The summed E-state index contributed by atoms with van der Waals surface area (Å²) in [6.45, 7) is 6.79. The van der Waals surface area contributed by atoms with Crippen LogP contribution in [0.25, 0.3) is 0 Å². The Bertz CT molecular complexity index is 722. The molecule has 0 saturated carbocycles. The predicted octanol–water partition coefficient (Wildman–Crippen LogP) is 0.975. The first-order chi connectivity index (χ1) is 14.7. The van der Waals surface area contributed by atoms with Crippen molar-refractivity contribution in [2.75, 3.05) is 46.8 Å². The van der Waals surface area contributed by atoms with E-state index in [-0.39, 0.29) is 41.4 Å². The predicted molar refractivity (Wildman–Crippen MR) is 117 cm³/mol. The van der Waals surface area contributed by atoms with E-state index in [0.717, 1.165) is 13.0 Å². The van der Waals surface area contributed by atoms with Crippen molar-refractivity contribution in [3.63, 3.8) is 0 Å². The zero-order valence-corrected chi connectivity index (χ0v) is 19.2. The monoisotopic (exact) mass is 432 g/mol. The molecule has 0 bridgehead atoms. The fraction of sp³-hybridized carbons (Fsp3) is 0.739. The van der Waals surface area contributed by atoms with Gasteiger partial charge >= 0.3 is 0 Å². The van der Waals surface area contributed by atoms with Gasteiger partial charge in [-0.2, -0.15) is 0 Å². The number of rotatable bonds is 6. The highest BCUT2D eigenvalue weighted by Crippen LogP contribution is 2.37. The van der Waals surface area contributed by atoms with Gasteiger partial charge in [0.2, 0.25) is 23.6 Å². The SMILES string of the molecule is CC(C)CC(C(=O)N1CCCN(CC(=O)N(C)C)CC1)N1C(=O)C2CC=CCC2C1=O. The first-order valence-electron chi connectivity index (χ1n) is 11.4. The van der Waals surface area contributed by atoms with Crippen molar-refractivity contribution in [1.82, 2.24) is 19.6 Å². The highest BCUT2D eigenvalue weighted by molar-refractivity contribution is 6.08. The van der Waals surface area contributed by atoms with E-state index >= 15 is 0 Å². The van der Waals surface area contributed by atoms with Gasteiger partial charge in [0.25, 0.3) is 0 Å². The first-order valence-corrected chi connectivity index (χ1v) is 11.4. The molecular weight excluding hydrogens is 396 g/mol. The Morgan fingerprint density at radius 3 is 2.16 bits per heavy atom. The lowest BCUT2D eigenvalue weighted by molar-refractivity contribution is -0.152. The summed E-state index contributed by atoms with van der Waals surface area (Å²) in [5.74, 6) is -0.938. The summed E-state index contributed by atoms with van der Waals surface area (Å²) in [5.41, 5.74) is 0. The van der Waals surface area contributed by atoms with Crippen LogP contribution in [0.2, 0.25) is 0 Å². The molecule has 3 unspecified atom stereocenters. The van der Waals surface area contributed by atoms with E-state index in [1.54, 1.807) is 23.9 Å². The Labute approximate surface area is 185 Å². The van der Waals surface area contributed by atoms with Crippen molar-refractivity contribution in [2.24, 2.45) is 17.8 Å². The third-order valence-corrected chi connectivity index (χ3v) is 6.59. The number of amides is 4. The van der Waals surface area contributed by atoms with Gasteiger partial charge in [0.15, 0.2) is 0 Å². The molecule has 8 nitrogen and oxygen atoms in total. The minimum Gasteiger partial charge on any atom is -0.348 e. The molecule has 8 heteroatoms. The Hall–Kier alpha value is -2.22. The third kappa shape index (κ3) is 5.17. The molecule has 3 atom stereocenters. The number of imide groups is 1. The van der Waals surface area contributed by atoms with E-state index in [2.05, 4.69) is 4.90 Å². The molecule has 1 aliphatic carbocycles. The summed E-state index contributed by atoms with van der Waals surface area (Å²) in [4.78, 5) is 58.6. The number of fused-ring (bicyclic) bond motifs is 1. The molecule has 0 aromatic carbocycles. The van der Waals surface area contributed by atoms with Crippen molar-refractivity contribution < 1.29 is 19.2 Å². The Morgan fingerprint density at radius 2 is 1.61 bits per heavy atom. The lowest BCUT2D eigenvalue weighted by Gasteiger charge is -2.32. The summed E-state index contributed by atoms with van der Waals surface area (Å²) in [6.07, 6.45) is 6.32. The minimum absolute atomic E-state index is 0.0435. The van der Waals surface area contributed by atoms with Gasteiger partial charge in [-0.3, -0.25) is 29.0 Å². The quantitative estimate of drug-likeness (QED) is 0.462. The van der Waals surface area contributed by atoms with Gasteiger partial charge in [-0.25, -0.2) is 0 Å². The summed E-state index contributed by atoms with van der Waals surface area (Å²) in [7, 11) is 3.48. The van der Waals surface area contributed by atoms with Crippen LogP contribution in [0.3, 0.4) is 0 Å². The molecule has 0 radical (unpaired) electrons. The zero-order valence-electron chi connectivity index (χ0n) is 19.2. The number of likely N-dealkylation sites (N-methyl/N-ethyl adjacent to an activating group) is 1. The highest BCUT2D eigenvalue weighted by Gasteiger charge is 2.51. The molecule has 2 aliphatic heterocycles. The average molecular weight is 433 g/mol. The standard InChI is InChI=1S/C23H36N4O4/c1-16(2)14-19(27-21(29)17-8-5-6-9-18(17)22(27)30)23(31)26-11-7-10-25(12-13-26)15-20(28)24(3)4/h5-6,16-19H,7-15H2,1-4H3. The smallest absolute Gasteiger partial charge is 0.245 e. The van der Waals surface area contributed by atoms with Crippen molar-refractivity contribution in [1.29, 1.82) is 0 Å². The topological polar surface area (TPSA) is 81.2 Å². The summed E-state index contributed by atoms with van der Waals surface area (Å²) in [6, 6.07) is -0.736. The van der Waals surface area contributed by atoms with Crippen LogP contribution >= 0.6 is 0 Å². The Balaban J connectivity index is 1.72. The number of hydrogen-bond acceptors (Lipinski definition) is 5. The normalized spacial score (nSPS) is 25.6. The van der Waals surface area contributed by atoms with Gasteiger partial charge in [0, 0.05) is 40.3 Å². The summed E-state index contributed by atoms with van der Waals surface area (Å²) in [5, 5.41) is 0. The van der Waals surface area contributed by atoms with E-state index in [1.165, 1.54) is 4.90 Å². The van der Waals surface area contributed by atoms with Crippen LogP contribution in [0.4, 0.5) is 0 Å². The van der Waals surface area contributed by atoms with Crippen molar-refractivity contribution in [3.05, 3.63) is 12.2 Å². The molecule has 2 fully saturated rings. The molecule has 0 spiro atoms. The average Bonchev–Trinajstić information content (AvgIpc) is 2.87. The van der Waals surface area contributed by atoms with Crippen molar-refractivity contribution in [2.45, 2.75) is 45.6 Å². The molecular formula is C23H36N4O4. The minimum atomic E-state index is -0.736. The lowest BCUT2D eigenvalue weighted by atomic mass is 9.85.